The van der Waals surface area contributed by atoms with E-state index < -0.39 is 16.6 Å². The first-order chi connectivity index (χ1) is 8.52. The van der Waals surface area contributed by atoms with Gasteiger partial charge in [-0.2, -0.15) is 0 Å². The molecular formula is C11H19IN2O4S. The van der Waals surface area contributed by atoms with Gasteiger partial charge in [-0.15, -0.1) is 0 Å². The molecule has 0 aromatic rings. The molecule has 0 atom stereocenters. The van der Waals surface area contributed by atoms with Crippen molar-refractivity contribution in [3.05, 3.63) is 21.5 Å². The van der Waals surface area contributed by atoms with Gasteiger partial charge in [-0.05, 0) is 30.2 Å². The summed E-state index contributed by atoms with van der Waals surface area (Å²) in [5.74, 6) is -0.0886. The van der Waals surface area contributed by atoms with E-state index in [0.717, 1.165) is 18.6 Å². The van der Waals surface area contributed by atoms with Crippen LogP contribution in [0.25, 0.3) is 0 Å². The van der Waals surface area contributed by atoms with Crippen molar-refractivity contribution in [2.75, 3.05) is 31.4 Å². The van der Waals surface area contributed by atoms with Crippen LogP contribution in [0.2, 0.25) is 0 Å². The highest BCUT2D eigenvalue weighted by Gasteiger charge is 2.30. The van der Waals surface area contributed by atoms with Crippen LogP contribution in [0.1, 0.15) is 19.3 Å². The highest BCUT2D eigenvalue weighted by atomic mass is 127. The van der Waals surface area contributed by atoms with Gasteiger partial charge in [0.1, 0.15) is 12.4 Å². The molecule has 1 N–H and O–H groups in total. The molecule has 0 unspecified atom stereocenters. The van der Waals surface area contributed by atoms with Crippen molar-refractivity contribution in [1.82, 2.24) is 5.32 Å². The van der Waals surface area contributed by atoms with Crippen LogP contribution < -0.4 is 29.3 Å². The first kappa shape index (κ1) is 18.5. The molecule has 0 amide bonds. The van der Waals surface area contributed by atoms with Gasteiger partial charge in [0.15, 0.2) is 0 Å². The zero-order valence-corrected chi connectivity index (χ0v) is 14.1. The first-order valence-corrected chi connectivity index (χ1v) is 8.06. The van der Waals surface area contributed by atoms with Crippen LogP contribution in [0.4, 0.5) is 0 Å². The van der Waals surface area contributed by atoms with E-state index in [1.165, 1.54) is 0 Å². The number of nitrogens with zero attached hydrogens (tertiary/aromatic N) is 1. The van der Waals surface area contributed by atoms with Crippen molar-refractivity contribution in [1.29, 1.82) is 0 Å². The molecule has 0 aromatic heterocycles. The highest BCUT2D eigenvalue weighted by molar-refractivity contribution is 7.95. The monoisotopic (exact) mass is 402 g/mol. The van der Waals surface area contributed by atoms with E-state index in [1.54, 1.807) is 0 Å². The number of hydrogen-bond donors (Lipinski definition) is 1. The fraction of sp³-hybridized carbons (Fsp3) is 0.727. The van der Waals surface area contributed by atoms with Gasteiger partial charge in [0.05, 0.1) is 23.1 Å². The number of allylic oxidation sites excluding steroid dienone is 1. The summed E-state index contributed by atoms with van der Waals surface area (Å²) in [6.45, 7) is 0.910. The lowest BCUT2D eigenvalue weighted by atomic mass is 10.1. The maximum absolute atomic E-state index is 11.7. The van der Waals surface area contributed by atoms with Crippen LogP contribution in [0, 0.1) is 10.1 Å². The molecule has 0 radical (unpaired) electrons. The van der Waals surface area contributed by atoms with Gasteiger partial charge in [0, 0.05) is 6.54 Å². The fourth-order valence-electron chi connectivity index (χ4n) is 1.63. The van der Waals surface area contributed by atoms with Crippen molar-refractivity contribution in [3.63, 3.8) is 0 Å². The predicted octanol–water partition coefficient (Wildman–Crippen LogP) is -2.33. The second kappa shape index (κ2) is 9.40. The molecule has 0 aliphatic carbocycles. The number of carbonyl (C=O) groups is 1. The van der Waals surface area contributed by atoms with Crippen molar-refractivity contribution in [3.8, 4) is 0 Å². The van der Waals surface area contributed by atoms with Gasteiger partial charge in [0.2, 0.25) is 0 Å². The lowest BCUT2D eigenvalue weighted by molar-refractivity contribution is -0.423. The van der Waals surface area contributed by atoms with Gasteiger partial charge in [-0.3, -0.25) is 10.1 Å². The molecule has 1 aliphatic rings. The van der Waals surface area contributed by atoms with E-state index in [2.05, 4.69) is 5.32 Å². The molecular weight excluding hydrogens is 383 g/mol. The molecule has 1 aliphatic heterocycles. The van der Waals surface area contributed by atoms with Crippen molar-refractivity contribution in [2.24, 2.45) is 0 Å². The van der Waals surface area contributed by atoms with Gasteiger partial charge in [-0.25, -0.2) is 4.79 Å². The minimum atomic E-state index is -0.824. The average Bonchev–Trinajstić information content (AvgIpc) is 2.29. The lowest BCUT2D eigenvalue weighted by Gasteiger charge is -2.16. The number of esters is 1. The third-order valence-electron chi connectivity index (χ3n) is 2.58. The zero-order chi connectivity index (χ0) is 13.5. The molecule has 1 fully saturated rings. The van der Waals surface area contributed by atoms with Crippen LogP contribution >= 0.6 is 0 Å². The predicted molar refractivity (Wildman–Crippen MR) is 70.9 cm³/mol. The Morgan fingerprint density at radius 2 is 2.16 bits per heavy atom. The molecule has 1 rings (SSSR count). The number of hydrogen-bond acceptors (Lipinski definition) is 5. The Morgan fingerprint density at radius 3 is 2.63 bits per heavy atom. The molecule has 19 heavy (non-hydrogen) atoms. The number of carbonyl (C=O) groups excluding carboxylic acids is 1. The SMILES string of the molecule is C[S+](C)CCOC(=O)C(=C1CCCCN1)[N+](=O)[O-].[I-]. The third-order valence-corrected chi connectivity index (χ3v) is 3.56. The summed E-state index contributed by atoms with van der Waals surface area (Å²) in [6.07, 6.45) is 6.43. The Hall–Kier alpha value is -0.510. The summed E-state index contributed by atoms with van der Waals surface area (Å²) in [4.78, 5) is 22.0. The largest absolute Gasteiger partial charge is 1.00 e. The number of halogens is 1. The number of rotatable bonds is 5. The van der Waals surface area contributed by atoms with Gasteiger partial charge >= 0.3 is 11.7 Å². The summed E-state index contributed by atoms with van der Waals surface area (Å²) in [6, 6.07) is 0. The Bertz CT molecular complexity index is 353. The van der Waals surface area contributed by atoms with Crippen LogP contribution in [0.3, 0.4) is 0 Å². The fourth-order valence-corrected chi connectivity index (χ4v) is 2.05. The number of nitro groups is 1. The van der Waals surface area contributed by atoms with Crippen molar-refractivity contribution in [2.45, 2.75) is 19.3 Å². The van der Waals surface area contributed by atoms with E-state index in [-0.39, 0.29) is 41.5 Å². The molecule has 0 saturated carbocycles. The smallest absolute Gasteiger partial charge is 0.411 e. The maximum atomic E-state index is 11.7. The van der Waals surface area contributed by atoms with Crippen LogP contribution in [0.5, 0.6) is 0 Å². The van der Waals surface area contributed by atoms with E-state index in [4.69, 9.17) is 4.74 Å². The quantitative estimate of drug-likeness (QED) is 0.139. The Labute approximate surface area is 132 Å². The molecule has 1 heterocycles. The first-order valence-electron chi connectivity index (χ1n) is 5.85. The zero-order valence-electron chi connectivity index (χ0n) is 11.1. The second-order valence-corrected chi connectivity index (χ2v) is 6.67. The Balaban J connectivity index is 0.00000324. The minimum absolute atomic E-state index is 0. The third kappa shape index (κ3) is 6.46. The molecule has 6 nitrogen and oxygen atoms in total. The topological polar surface area (TPSA) is 81.5 Å². The van der Waals surface area contributed by atoms with E-state index in [1.807, 2.05) is 12.5 Å². The van der Waals surface area contributed by atoms with Crippen molar-refractivity contribution >= 4 is 16.9 Å². The summed E-state index contributed by atoms with van der Waals surface area (Å²) in [7, 11) is 0.161. The Kier molecular flexibility index (Phi) is 9.15. The van der Waals surface area contributed by atoms with Gasteiger partial charge in [0.25, 0.3) is 0 Å². The molecule has 8 heteroatoms. The van der Waals surface area contributed by atoms with Crippen LogP contribution in [0.15, 0.2) is 11.4 Å². The van der Waals surface area contributed by atoms with Gasteiger partial charge in [-0.1, -0.05) is 0 Å². The number of piperidine rings is 1. The summed E-state index contributed by atoms with van der Waals surface area (Å²) < 4.78 is 4.96. The lowest BCUT2D eigenvalue weighted by Crippen LogP contribution is -3.00. The molecule has 0 spiro atoms. The normalized spacial score (nSPS) is 17.2. The number of nitrogens with one attached hydrogen (secondary N) is 1. The van der Waals surface area contributed by atoms with Crippen molar-refractivity contribution < 1.29 is 38.4 Å². The highest BCUT2D eigenvalue weighted by Crippen LogP contribution is 2.16. The van der Waals surface area contributed by atoms with Crippen LogP contribution in [-0.4, -0.2) is 42.3 Å². The number of ether oxygens (including phenoxy) is 1. The van der Waals surface area contributed by atoms with E-state index in [0.29, 0.717) is 18.7 Å². The summed E-state index contributed by atoms with van der Waals surface area (Å²) in [5.41, 5.74) is -0.0231. The maximum Gasteiger partial charge on any atom is 0.411 e. The summed E-state index contributed by atoms with van der Waals surface area (Å²) >= 11 is 0. The minimum Gasteiger partial charge on any atom is -1.00 e. The molecule has 110 valence electrons. The molecule has 0 bridgehead atoms. The van der Waals surface area contributed by atoms with Crippen LogP contribution in [-0.2, 0) is 20.4 Å². The van der Waals surface area contributed by atoms with E-state index >= 15 is 0 Å². The van der Waals surface area contributed by atoms with Gasteiger partial charge < -0.3 is 34.0 Å². The molecule has 0 aromatic carbocycles. The average molecular weight is 402 g/mol. The second-order valence-electron chi connectivity index (χ2n) is 4.29. The summed E-state index contributed by atoms with van der Waals surface area (Å²) in [5, 5.41) is 13.9. The Morgan fingerprint density at radius 1 is 1.47 bits per heavy atom. The van der Waals surface area contributed by atoms with E-state index in [9.17, 15) is 14.9 Å². The standard InChI is InChI=1S/C11H18N2O4S.HI/c1-18(2)8-7-17-11(14)10(13(15)16)9-5-3-4-6-12-9;/h3-8H2,1-2H3;1H. The molecule has 1 saturated heterocycles.